The number of aliphatic hydroxyl groups excluding tert-OH is 1. The van der Waals surface area contributed by atoms with Crippen molar-refractivity contribution in [1.29, 1.82) is 0 Å². The van der Waals surface area contributed by atoms with Crippen LogP contribution < -0.4 is 0 Å². The Kier molecular flexibility index (Phi) is 6.14. The molecule has 3 aliphatic heterocycles. The van der Waals surface area contributed by atoms with E-state index in [1.807, 2.05) is 27.9 Å². The summed E-state index contributed by atoms with van der Waals surface area (Å²) in [5.74, 6) is -1.29. The van der Waals surface area contributed by atoms with Gasteiger partial charge in [0.15, 0.2) is 9.84 Å². The molecule has 9 nitrogen and oxygen atoms in total. The predicted molar refractivity (Wildman–Crippen MR) is 131 cm³/mol. The van der Waals surface area contributed by atoms with E-state index in [1.165, 1.54) is 17.0 Å². The van der Waals surface area contributed by atoms with Gasteiger partial charge in [-0.05, 0) is 47.9 Å². The van der Waals surface area contributed by atoms with Crippen LogP contribution in [0.1, 0.15) is 12.8 Å². The van der Waals surface area contributed by atoms with Crippen molar-refractivity contribution in [2.24, 2.45) is 0 Å². The van der Waals surface area contributed by atoms with Gasteiger partial charge in [0.2, 0.25) is 0 Å². The fourth-order valence-corrected chi connectivity index (χ4v) is 6.55. The second-order valence-corrected chi connectivity index (χ2v) is 11.8. The van der Waals surface area contributed by atoms with E-state index in [0.717, 1.165) is 5.39 Å². The fourth-order valence-electron chi connectivity index (χ4n) is 5.04. The van der Waals surface area contributed by atoms with E-state index >= 15 is 0 Å². The topological polar surface area (TPSA) is 101 Å². The fraction of sp³-hybridized carbons (Fsp3) is 0.417. The summed E-state index contributed by atoms with van der Waals surface area (Å²) in [5, 5.41) is 12.6. The Morgan fingerprint density at radius 3 is 2.51 bits per heavy atom. The number of piperidine rings is 1. The number of halogens is 1. The van der Waals surface area contributed by atoms with Crippen LogP contribution in [-0.4, -0.2) is 96.3 Å². The standard InChI is InChI=1S/C24H27ClN4O5S/c1-26-12-21-23(31)29(15-28(21)14-26)19-6-8-27(9-7-19)24(32)22(30)13-35(33,34)20-5-3-16-10-18(25)4-2-17(16)11-20/h2-5,10-12,19,22,30H,6-9,13-15H2,1H3. The number of likely N-dealkylation sites (tertiary alicyclic amines) is 1. The maximum absolute atomic E-state index is 12.9. The number of benzene rings is 2. The summed E-state index contributed by atoms with van der Waals surface area (Å²) < 4.78 is 25.8. The summed E-state index contributed by atoms with van der Waals surface area (Å²) >= 11 is 5.99. The summed E-state index contributed by atoms with van der Waals surface area (Å²) in [5.41, 5.74) is 0.698. The van der Waals surface area contributed by atoms with Crippen LogP contribution >= 0.6 is 11.6 Å². The van der Waals surface area contributed by atoms with Crippen molar-refractivity contribution in [3.05, 3.63) is 53.3 Å². The van der Waals surface area contributed by atoms with Crippen LogP contribution in [0.25, 0.3) is 10.8 Å². The molecule has 0 aromatic heterocycles. The van der Waals surface area contributed by atoms with Crippen molar-refractivity contribution in [2.75, 3.05) is 39.2 Å². The van der Waals surface area contributed by atoms with Crippen molar-refractivity contribution < 1.29 is 23.1 Å². The summed E-state index contributed by atoms with van der Waals surface area (Å²) in [4.78, 5) is 33.0. The highest BCUT2D eigenvalue weighted by Crippen LogP contribution is 2.29. The van der Waals surface area contributed by atoms with E-state index in [4.69, 9.17) is 11.6 Å². The van der Waals surface area contributed by atoms with Crippen molar-refractivity contribution >= 4 is 44.0 Å². The van der Waals surface area contributed by atoms with Crippen molar-refractivity contribution in [3.8, 4) is 0 Å². The number of carbonyl (C=O) groups excluding carboxylic acids is 2. The highest BCUT2D eigenvalue weighted by molar-refractivity contribution is 7.91. The lowest BCUT2D eigenvalue weighted by Crippen LogP contribution is -2.51. The lowest BCUT2D eigenvalue weighted by molar-refractivity contribution is -0.141. The molecule has 186 valence electrons. The molecule has 0 aliphatic carbocycles. The molecule has 11 heteroatoms. The zero-order chi connectivity index (χ0) is 24.9. The number of nitrogens with zero attached hydrogens (tertiary/aromatic N) is 4. The van der Waals surface area contributed by atoms with Crippen molar-refractivity contribution in [1.82, 2.24) is 19.6 Å². The lowest BCUT2D eigenvalue weighted by Gasteiger charge is -2.37. The Balaban J connectivity index is 1.19. The maximum Gasteiger partial charge on any atom is 0.273 e. The van der Waals surface area contributed by atoms with Gasteiger partial charge in [0, 0.05) is 37.4 Å². The molecule has 2 amide bonds. The monoisotopic (exact) mass is 518 g/mol. The molecule has 3 aliphatic rings. The number of sulfone groups is 1. The van der Waals surface area contributed by atoms with Gasteiger partial charge in [-0.15, -0.1) is 0 Å². The number of hydrogen-bond acceptors (Lipinski definition) is 7. The smallest absolute Gasteiger partial charge is 0.273 e. The van der Waals surface area contributed by atoms with E-state index in [9.17, 15) is 23.1 Å². The minimum Gasteiger partial charge on any atom is -0.382 e. The summed E-state index contributed by atoms with van der Waals surface area (Å²) in [7, 11) is -1.96. The van der Waals surface area contributed by atoms with E-state index in [0.29, 0.717) is 55.4 Å². The Bertz CT molecular complexity index is 1320. The largest absolute Gasteiger partial charge is 0.382 e. The predicted octanol–water partition coefficient (Wildman–Crippen LogP) is 1.46. The minimum atomic E-state index is -3.89. The third kappa shape index (κ3) is 4.57. The van der Waals surface area contributed by atoms with Gasteiger partial charge in [-0.25, -0.2) is 8.42 Å². The summed E-state index contributed by atoms with van der Waals surface area (Å²) in [6.45, 7) is 1.94. The van der Waals surface area contributed by atoms with Crippen LogP contribution in [0.4, 0.5) is 0 Å². The number of amides is 2. The quantitative estimate of drug-likeness (QED) is 0.639. The van der Waals surface area contributed by atoms with E-state index in [-0.39, 0.29) is 16.8 Å². The first-order chi connectivity index (χ1) is 16.6. The third-order valence-electron chi connectivity index (χ3n) is 6.89. The van der Waals surface area contributed by atoms with E-state index in [1.54, 1.807) is 24.3 Å². The Morgan fingerprint density at radius 2 is 1.80 bits per heavy atom. The van der Waals surface area contributed by atoms with Gasteiger partial charge in [-0.3, -0.25) is 9.59 Å². The van der Waals surface area contributed by atoms with Gasteiger partial charge in [-0.2, -0.15) is 0 Å². The van der Waals surface area contributed by atoms with Crippen LogP contribution in [0.5, 0.6) is 0 Å². The van der Waals surface area contributed by atoms with Gasteiger partial charge in [-0.1, -0.05) is 23.7 Å². The first kappa shape index (κ1) is 23.9. The third-order valence-corrected chi connectivity index (χ3v) is 8.85. The molecule has 1 atom stereocenters. The molecule has 2 aromatic rings. The highest BCUT2D eigenvalue weighted by atomic mass is 35.5. The SMILES string of the molecule is CN1C=C2C(=O)N(C3CCN(C(=O)C(O)CS(=O)(=O)c4ccc5cc(Cl)ccc5c4)CC3)CN2C1. The molecule has 2 fully saturated rings. The molecule has 0 bridgehead atoms. The number of fused-ring (bicyclic) bond motifs is 2. The zero-order valence-electron chi connectivity index (χ0n) is 19.3. The van der Waals surface area contributed by atoms with Crippen LogP contribution in [0, 0.1) is 0 Å². The molecule has 2 saturated heterocycles. The van der Waals surface area contributed by atoms with Crippen LogP contribution in [-0.2, 0) is 19.4 Å². The van der Waals surface area contributed by atoms with Gasteiger partial charge in [0.1, 0.15) is 11.8 Å². The molecule has 0 radical (unpaired) electrons. The van der Waals surface area contributed by atoms with E-state index in [2.05, 4.69) is 0 Å². The molecular formula is C24H27ClN4O5S. The molecule has 0 spiro atoms. The molecule has 5 rings (SSSR count). The molecule has 0 saturated carbocycles. The van der Waals surface area contributed by atoms with Crippen LogP contribution in [0.3, 0.4) is 0 Å². The molecule has 3 heterocycles. The van der Waals surface area contributed by atoms with Gasteiger partial charge >= 0.3 is 0 Å². The number of hydrogen-bond donors (Lipinski definition) is 1. The van der Waals surface area contributed by atoms with Crippen LogP contribution in [0.2, 0.25) is 5.02 Å². The van der Waals surface area contributed by atoms with Crippen LogP contribution in [0.15, 0.2) is 53.2 Å². The first-order valence-corrected chi connectivity index (χ1v) is 13.5. The number of carbonyl (C=O) groups is 2. The zero-order valence-corrected chi connectivity index (χ0v) is 20.9. The average Bonchev–Trinajstić information content (AvgIpc) is 3.34. The van der Waals surface area contributed by atoms with Gasteiger partial charge in [0.25, 0.3) is 11.8 Å². The molecular weight excluding hydrogens is 492 g/mol. The second-order valence-electron chi connectivity index (χ2n) is 9.38. The normalized spacial score (nSPS) is 20.0. The lowest BCUT2D eigenvalue weighted by atomic mass is 10.0. The highest BCUT2D eigenvalue weighted by Gasteiger charge is 2.41. The molecule has 1 unspecified atom stereocenters. The van der Waals surface area contributed by atoms with Gasteiger partial charge < -0.3 is 24.7 Å². The van der Waals surface area contributed by atoms with Crippen molar-refractivity contribution in [3.63, 3.8) is 0 Å². The Labute approximate surface area is 209 Å². The van der Waals surface area contributed by atoms with E-state index < -0.39 is 27.6 Å². The molecule has 35 heavy (non-hydrogen) atoms. The maximum atomic E-state index is 12.9. The minimum absolute atomic E-state index is 0.00270. The van der Waals surface area contributed by atoms with Crippen molar-refractivity contribution in [2.45, 2.75) is 29.9 Å². The molecule has 2 aromatic carbocycles. The second kappa shape index (κ2) is 9.00. The summed E-state index contributed by atoms with van der Waals surface area (Å²) in [6.07, 6.45) is 1.36. The summed E-state index contributed by atoms with van der Waals surface area (Å²) in [6, 6.07) is 9.80. The molecule has 1 N–H and O–H groups in total. The number of rotatable bonds is 5. The Morgan fingerprint density at radius 1 is 1.11 bits per heavy atom. The number of aliphatic hydroxyl groups is 1. The average molecular weight is 519 g/mol. The first-order valence-electron chi connectivity index (χ1n) is 11.5. The Hall–Kier alpha value is -2.82. The van der Waals surface area contributed by atoms with Gasteiger partial charge in [0.05, 0.1) is 24.0 Å².